The predicted molar refractivity (Wildman–Crippen MR) is 114 cm³/mol. The largest absolute Gasteiger partial charge is 0.378 e. The molecule has 1 aromatic heterocycles. The van der Waals surface area contributed by atoms with Gasteiger partial charge in [0.05, 0.1) is 24.6 Å². The third-order valence-electron chi connectivity index (χ3n) is 4.82. The van der Waals surface area contributed by atoms with Crippen LogP contribution < -0.4 is 0 Å². The van der Waals surface area contributed by atoms with Crippen LogP contribution in [0.25, 0.3) is 11.3 Å². The van der Waals surface area contributed by atoms with Gasteiger partial charge in [0, 0.05) is 39.9 Å². The molecule has 5 nitrogen and oxygen atoms in total. The minimum atomic E-state index is -0.0635. The first-order chi connectivity index (χ1) is 13.6. The maximum absolute atomic E-state index is 13.2. The molecule has 2 aliphatic heterocycles. The van der Waals surface area contributed by atoms with Crippen LogP contribution in [0.5, 0.6) is 0 Å². The number of fused-ring (bicyclic) bond motifs is 1. The summed E-state index contributed by atoms with van der Waals surface area (Å²) in [7, 11) is 0. The molecular weight excluding hydrogens is 394 g/mol. The van der Waals surface area contributed by atoms with E-state index in [1.807, 2.05) is 30.3 Å². The number of hydrogen-bond acceptors (Lipinski definition) is 4. The average molecular weight is 414 g/mol. The summed E-state index contributed by atoms with van der Waals surface area (Å²) in [6.07, 6.45) is 3.62. The number of rotatable bonds is 4. The molecule has 7 heteroatoms. The molecule has 0 bridgehead atoms. The Bertz CT molecular complexity index is 990. The van der Waals surface area contributed by atoms with Gasteiger partial charge in [0.25, 0.3) is 5.91 Å². The van der Waals surface area contributed by atoms with E-state index in [4.69, 9.17) is 21.4 Å². The molecule has 1 saturated heterocycles. The molecule has 0 atom stereocenters. The van der Waals surface area contributed by atoms with Gasteiger partial charge in [0.1, 0.15) is 0 Å². The van der Waals surface area contributed by atoms with Crippen LogP contribution in [0.1, 0.15) is 21.7 Å². The monoisotopic (exact) mass is 413 g/mol. The highest BCUT2D eigenvalue weighted by Crippen LogP contribution is 2.41. The molecule has 1 amide bonds. The van der Waals surface area contributed by atoms with Crippen molar-refractivity contribution in [2.24, 2.45) is 0 Å². The highest BCUT2D eigenvalue weighted by molar-refractivity contribution is 8.02. The van der Waals surface area contributed by atoms with Gasteiger partial charge in [0.15, 0.2) is 5.69 Å². The van der Waals surface area contributed by atoms with Crippen molar-refractivity contribution in [3.8, 4) is 5.69 Å². The van der Waals surface area contributed by atoms with Gasteiger partial charge < -0.3 is 9.64 Å². The summed E-state index contributed by atoms with van der Waals surface area (Å²) in [5, 5.41) is 5.35. The summed E-state index contributed by atoms with van der Waals surface area (Å²) in [4.78, 5) is 16.1. The number of aromatic nitrogens is 2. The standard InChI is InChI=1S/C21H20ClN3O2S/c1-3-16-18(4-2)28-13-17-19(21(26)24-8-10-27-11-9-24)23-25(20(16)17)15-7-5-6-14(22)12-15/h3-7,12H,1-2,8-11,13H2. The SMILES string of the molecule is C=CC1=C(C=C)c2c(c(C(=O)N3CCOCC3)nn2-c2cccc(Cl)c2)CS1. The molecule has 144 valence electrons. The average Bonchev–Trinajstić information content (AvgIpc) is 3.12. The van der Waals surface area contributed by atoms with E-state index in [1.165, 1.54) is 0 Å². The zero-order valence-corrected chi connectivity index (χ0v) is 16.9. The van der Waals surface area contributed by atoms with Crippen molar-refractivity contribution in [2.45, 2.75) is 5.75 Å². The molecule has 0 radical (unpaired) electrons. The lowest BCUT2D eigenvalue weighted by molar-refractivity contribution is 0.0298. The maximum atomic E-state index is 13.2. The molecule has 0 saturated carbocycles. The van der Waals surface area contributed by atoms with Crippen LogP contribution in [-0.4, -0.2) is 46.9 Å². The quantitative estimate of drug-likeness (QED) is 0.748. The summed E-state index contributed by atoms with van der Waals surface area (Å²) in [6, 6.07) is 7.46. The number of allylic oxidation sites excluding steroid dienone is 3. The van der Waals surface area contributed by atoms with Crippen LogP contribution >= 0.6 is 23.4 Å². The fourth-order valence-corrected chi connectivity index (χ4v) is 4.67. The molecule has 28 heavy (non-hydrogen) atoms. The van der Waals surface area contributed by atoms with E-state index in [-0.39, 0.29) is 5.91 Å². The first kappa shape index (κ1) is 19.1. The third-order valence-corrected chi connectivity index (χ3v) is 6.18. The molecule has 1 fully saturated rings. The number of hydrogen-bond donors (Lipinski definition) is 0. The third kappa shape index (κ3) is 3.32. The van der Waals surface area contributed by atoms with Crippen molar-refractivity contribution in [1.82, 2.24) is 14.7 Å². The van der Waals surface area contributed by atoms with E-state index >= 15 is 0 Å². The second-order valence-corrected chi connectivity index (χ2v) is 7.90. The zero-order chi connectivity index (χ0) is 19.7. The van der Waals surface area contributed by atoms with E-state index in [0.717, 1.165) is 27.4 Å². The minimum absolute atomic E-state index is 0.0635. The number of carbonyl (C=O) groups excluding carboxylic acids is 1. The molecule has 2 aromatic rings. The summed E-state index contributed by atoms with van der Waals surface area (Å²) in [6.45, 7) is 10.2. The second kappa shape index (κ2) is 7.99. The molecule has 0 N–H and O–H groups in total. The first-order valence-corrected chi connectivity index (χ1v) is 10.4. The van der Waals surface area contributed by atoms with Gasteiger partial charge in [-0.1, -0.05) is 43.0 Å². The van der Waals surface area contributed by atoms with E-state index in [1.54, 1.807) is 27.4 Å². The van der Waals surface area contributed by atoms with Crippen LogP contribution in [0.2, 0.25) is 5.02 Å². The van der Waals surface area contributed by atoms with Crippen molar-refractivity contribution in [3.63, 3.8) is 0 Å². The Kier molecular flexibility index (Phi) is 5.44. The fourth-order valence-electron chi connectivity index (χ4n) is 3.46. The van der Waals surface area contributed by atoms with Crippen LogP contribution in [0.15, 0.2) is 54.5 Å². The van der Waals surface area contributed by atoms with Crippen LogP contribution in [0.3, 0.4) is 0 Å². The van der Waals surface area contributed by atoms with Gasteiger partial charge >= 0.3 is 0 Å². The lowest BCUT2D eigenvalue weighted by Gasteiger charge is -2.26. The van der Waals surface area contributed by atoms with Crippen molar-refractivity contribution in [1.29, 1.82) is 0 Å². The molecule has 0 unspecified atom stereocenters. The lowest BCUT2D eigenvalue weighted by Crippen LogP contribution is -2.41. The molecule has 0 aliphatic carbocycles. The number of morpholine rings is 1. The fraction of sp³-hybridized carbons (Fsp3) is 0.238. The lowest BCUT2D eigenvalue weighted by atomic mass is 10.0. The second-order valence-electron chi connectivity index (χ2n) is 6.45. The van der Waals surface area contributed by atoms with Crippen molar-refractivity contribution in [2.75, 3.05) is 26.3 Å². The number of amides is 1. The van der Waals surface area contributed by atoms with Crippen LogP contribution in [-0.2, 0) is 10.5 Å². The Hall–Kier alpha value is -2.28. The topological polar surface area (TPSA) is 47.4 Å². The highest BCUT2D eigenvalue weighted by Gasteiger charge is 2.31. The molecule has 4 rings (SSSR count). The Balaban J connectivity index is 1.90. The van der Waals surface area contributed by atoms with Crippen molar-refractivity contribution < 1.29 is 9.53 Å². The Labute approximate surface area is 173 Å². The number of nitrogens with zero attached hydrogens (tertiary/aromatic N) is 3. The van der Waals surface area contributed by atoms with Crippen LogP contribution in [0.4, 0.5) is 0 Å². The Morgan fingerprint density at radius 3 is 2.71 bits per heavy atom. The molecule has 0 spiro atoms. The van der Waals surface area contributed by atoms with Crippen molar-refractivity contribution in [3.05, 3.63) is 76.5 Å². The Morgan fingerprint density at radius 1 is 1.25 bits per heavy atom. The van der Waals surface area contributed by atoms with Gasteiger partial charge in [0.2, 0.25) is 0 Å². The maximum Gasteiger partial charge on any atom is 0.274 e. The van der Waals surface area contributed by atoms with E-state index < -0.39 is 0 Å². The van der Waals surface area contributed by atoms with Gasteiger partial charge in [-0.05, 0) is 18.2 Å². The summed E-state index contributed by atoms with van der Waals surface area (Å²) in [5.74, 6) is 0.589. The number of benzene rings is 1. The highest BCUT2D eigenvalue weighted by atomic mass is 35.5. The molecule has 1 aromatic carbocycles. The molecule has 2 aliphatic rings. The van der Waals surface area contributed by atoms with Crippen LogP contribution in [0, 0.1) is 0 Å². The van der Waals surface area contributed by atoms with Crippen molar-refractivity contribution >= 4 is 34.8 Å². The summed E-state index contributed by atoms with van der Waals surface area (Å²) in [5.41, 5.74) is 4.01. The zero-order valence-electron chi connectivity index (χ0n) is 15.4. The normalized spacial score (nSPS) is 16.7. The minimum Gasteiger partial charge on any atom is -0.378 e. The van der Waals surface area contributed by atoms with Gasteiger partial charge in [-0.3, -0.25) is 4.79 Å². The predicted octanol–water partition coefficient (Wildman–Crippen LogP) is 4.33. The summed E-state index contributed by atoms with van der Waals surface area (Å²) >= 11 is 7.86. The smallest absolute Gasteiger partial charge is 0.274 e. The molecule has 3 heterocycles. The number of halogens is 1. The number of ether oxygens (including phenoxy) is 1. The number of thioether (sulfide) groups is 1. The molecular formula is C21H20ClN3O2S. The van der Waals surface area contributed by atoms with E-state index in [9.17, 15) is 4.79 Å². The van der Waals surface area contributed by atoms with Gasteiger partial charge in [-0.2, -0.15) is 5.10 Å². The van der Waals surface area contributed by atoms with E-state index in [0.29, 0.717) is 42.8 Å². The summed E-state index contributed by atoms with van der Waals surface area (Å²) < 4.78 is 7.18. The first-order valence-electron chi connectivity index (χ1n) is 9.01. The van der Waals surface area contributed by atoms with Gasteiger partial charge in [-0.25, -0.2) is 4.68 Å². The Morgan fingerprint density at radius 2 is 2.04 bits per heavy atom. The van der Waals surface area contributed by atoms with E-state index in [2.05, 4.69) is 13.2 Å². The number of carbonyl (C=O) groups is 1. The van der Waals surface area contributed by atoms with Gasteiger partial charge in [-0.15, -0.1) is 11.8 Å².